The Balaban J connectivity index is -0.0000000873. The molecular weight excluding hydrogens is 943 g/mol. The zero-order valence-corrected chi connectivity index (χ0v) is 44.7. The van der Waals surface area contributed by atoms with Gasteiger partial charge in [0.15, 0.2) is 5.41 Å². The highest BCUT2D eigenvalue weighted by molar-refractivity contribution is 5.21. The maximum Gasteiger partial charge on any atom is 0.402 e. The first kappa shape index (κ1) is 85.3. The topological polar surface area (TPSA) is 278 Å². The molecule has 6 aromatic carbocycles. The van der Waals surface area contributed by atoms with Crippen LogP contribution in [-0.4, -0.2) is 85.3 Å². The van der Waals surface area contributed by atoms with E-state index >= 15 is 0 Å². The van der Waals surface area contributed by atoms with Gasteiger partial charge in [0.2, 0.25) is 0 Å². The monoisotopic (exact) mass is 1030 g/mol. The highest BCUT2D eigenvalue weighted by Gasteiger charge is 2.64. The first-order chi connectivity index (χ1) is 33.9. The molecule has 12 nitrogen and oxygen atoms in total. The van der Waals surface area contributed by atoms with E-state index in [0.717, 1.165) is 0 Å². The lowest BCUT2D eigenvalue weighted by atomic mass is 9.92. The number of rotatable bonds is 0. The molecule has 0 spiro atoms. The van der Waals surface area contributed by atoms with Gasteiger partial charge >= 0.3 is 12.4 Å². The highest BCUT2D eigenvalue weighted by Crippen LogP contribution is 2.49. The minimum atomic E-state index is -5.24. The molecule has 18 heteroatoms. The predicted octanol–water partition coefficient (Wildman–Crippen LogP) is 12.0. The molecule has 0 saturated heterocycles. The van der Waals surface area contributed by atoms with Crippen LogP contribution in [0, 0.1) is 10.8 Å². The van der Waals surface area contributed by atoms with Crippen LogP contribution in [0.3, 0.4) is 0 Å². The summed E-state index contributed by atoms with van der Waals surface area (Å²) in [7, 11) is 9.00. The van der Waals surface area contributed by atoms with Crippen molar-refractivity contribution in [3.8, 4) is 34.5 Å². The summed E-state index contributed by atoms with van der Waals surface area (Å²) in [6, 6.07) is 52.3. The maximum atomic E-state index is 11.6. The third-order valence-electron chi connectivity index (χ3n) is 5.95. The van der Waals surface area contributed by atoms with Crippen LogP contribution in [0.1, 0.15) is 55.4 Å². The number of alkyl halides is 6. The Morgan fingerprint density at radius 3 is 0.361 bits per heavy atom. The number of halogens is 6. The molecule has 6 aromatic rings. The summed E-state index contributed by atoms with van der Waals surface area (Å²) in [6.45, 7) is 13.0. The van der Waals surface area contributed by atoms with Crippen molar-refractivity contribution in [2.45, 2.75) is 67.7 Å². The molecule has 0 atom stereocenters. The molecule has 18 N–H and O–H groups in total. The first-order valence-electron chi connectivity index (χ1n) is 21.9. The minimum Gasteiger partial charge on any atom is -0.508 e. The fourth-order valence-electron chi connectivity index (χ4n) is 2.73. The normalized spacial score (nSPS) is 8.75. The SMILES string of the molecule is CC.CC(C)(C(F)(F)F)C(F)(F)F.CC(C)(C)C.CN.CN.CN.CN.CN.CN.Oc1ccccc1.Oc1ccccc1.Oc1ccccc1.Oc1ccccc1.Oc1ccccc1.Oc1ccccc1. The number of nitrogens with two attached hydrogens (primary N) is 6. The van der Waals surface area contributed by atoms with E-state index in [9.17, 15) is 26.3 Å². The van der Waals surface area contributed by atoms with Crippen LogP contribution in [0.4, 0.5) is 26.3 Å². The van der Waals surface area contributed by atoms with Gasteiger partial charge in [-0.2, -0.15) is 26.3 Å². The molecule has 0 unspecified atom stereocenters. The molecule has 0 aromatic heterocycles. The number of para-hydroxylation sites is 6. The average molecular weight is 1030 g/mol. The van der Waals surface area contributed by atoms with Crippen molar-refractivity contribution in [2.75, 3.05) is 42.3 Å². The summed E-state index contributed by atoms with van der Waals surface area (Å²) in [4.78, 5) is 0. The van der Waals surface area contributed by atoms with Crippen LogP contribution >= 0.6 is 0 Å². The first-order valence-corrected chi connectivity index (χ1v) is 21.9. The van der Waals surface area contributed by atoms with E-state index in [1.807, 2.05) is 50.2 Å². The van der Waals surface area contributed by atoms with E-state index < -0.39 is 17.8 Å². The second-order valence-corrected chi connectivity index (χ2v) is 13.6. The molecule has 0 heterocycles. The molecule has 0 aliphatic rings. The molecule has 6 rings (SSSR count). The largest absolute Gasteiger partial charge is 0.508 e. The lowest BCUT2D eigenvalue weighted by molar-refractivity contribution is -0.327. The molecule has 0 amide bonds. The van der Waals surface area contributed by atoms with E-state index in [4.69, 9.17) is 30.6 Å². The van der Waals surface area contributed by atoms with Crippen molar-refractivity contribution < 1.29 is 57.0 Å². The fraction of sp³-hybridized carbons (Fsp3) is 0.333. The lowest BCUT2D eigenvalue weighted by Crippen LogP contribution is -2.44. The molecular formula is C54H90F6N6O6. The molecule has 0 saturated carbocycles. The van der Waals surface area contributed by atoms with Crippen LogP contribution in [0.25, 0.3) is 0 Å². The number of hydrogen-bond acceptors (Lipinski definition) is 12. The summed E-state index contributed by atoms with van der Waals surface area (Å²) in [5.74, 6) is 1.93. The van der Waals surface area contributed by atoms with Gasteiger partial charge in [0.1, 0.15) is 34.5 Å². The Hall–Kier alpha value is -6.54. The minimum absolute atomic E-state index is 0.104. The van der Waals surface area contributed by atoms with E-state index in [-0.39, 0.29) is 13.8 Å². The van der Waals surface area contributed by atoms with Gasteiger partial charge in [0, 0.05) is 0 Å². The zero-order chi connectivity index (χ0) is 58.7. The summed E-state index contributed by atoms with van der Waals surface area (Å²) in [5, 5.41) is 51.8. The summed E-state index contributed by atoms with van der Waals surface area (Å²) in [5.41, 5.74) is 23.9. The molecule has 0 aliphatic heterocycles. The van der Waals surface area contributed by atoms with E-state index in [0.29, 0.717) is 39.9 Å². The van der Waals surface area contributed by atoms with Gasteiger partial charge < -0.3 is 65.0 Å². The van der Waals surface area contributed by atoms with Gasteiger partial charge in [-0.1, -0.05) is 151 Å². The summed E-state index contributed by atoms with van der Waals surface area (Å²) in [6.07, 6.45) is -10.5. The van der Waals surface area contributed by atoms with Crippen LogP contribution in [0.5, 0.6) is 34.5 Å². The number of phenols is 6. The fourth-order valence-corrected chi connectivity index (χ4v) is 2.73. The third-order valence-corrected chi connectivity index (χ3v) is 5.95. The maximum absolute atomic E-state index is 11.6. The van der Waals surface area contributed by atoms with Gasteiger partial charge in [-0.05, 0) is 134 Å². The number of aromatic hydroxyl groups is 6. The Bertz CT molecular complexity index is 1510. The van der Waals surface area contributed by atoms with Gasteiger partial charge in [-0.25, -0.2) is 0 Å². The van der Waals surface area contributed by atoms with Crippen molar-refractivity contribution in [1.29, 1.82) is 0 Å². The average Bonchev–Trinajstić information content (AvgIpc) is 3.37. The molecule has 0 aliphatic carbocycles. The highest BCUT2D eigenvalue weighted by atomic mass is 19.4. The summed E-state index contributed by atoms with van der Waals surface area (Å²) < 4.78 is 69.7. The Labute approximate surface area is 427 Å². The molecule has 72 heavy (non-hydrogen) atoms. The second kappa shape index (κ2) is 60.6. The lowest BCUT2D eigenvalue weighted by Gasteiger charge is -2.29. The second-order valence-electron chi connectivity index (χ2n) is 13.6. The Morgan fingerprint density at radius 2 is 0.333 bits per heavy atom. The molecule has 0 fully saturated rings. The quantitative estimate of drug-likeness (QED) is 0.0633. The zero-order valence-electron chi connectivity index (χ0n) is 44.7. The smallest absolute Gasteiger partial charge is 0.402 e. The molecule has 414 valence electrons. The van der Waals surface area contributed by atoms with Gasteiger partial charge in [-0.15, -0.1) is 0 Å². The van der Waals surface area contributed by atoms with Gasteiger partial charge in [-0.3, -0.25) is 0 Å². The standard InChI is InChI=1S/6C6H6O.C5H6F6.C5H12.C2H6.6CH5N/c6*7-6-4-2-1-3-5-6;1-3(2,4(6,7)8)5(9,10)11;1-5(2,3)4;7*1-2/h6*1-5,7H;1-2H3;1-4H3;1-2H3;6*2H2,1H3. The van der Waals surface area contributed by atoms with E-state index in [1.54, 1.807) is 146 Å². The molecule has 0 bridgehead atoms. The number of hydrogen-bond donors (Lipinski definition) is 12. The molecule has 0 radical (unpaired) electrons. The van der Waals surface area contributed by atoms with Crippen molar-refractivity contribution in [3.05, 3.63) is 182 Å². The van der Waals surface area contributed by atoms with Gasteiger partial charge in [0.25, 0.3) is 0 Å². The predicted molar refractivity (Wildman–Crippen MR) is 292 cm³/mol. The van der Waals surface area contributed by atoms with Crippen molar-refractivity contribution in [2.24, 2.45) is 45.2 Å². The van der Waals surface area contributed by atoms with Gasteiger partial charge in [0.05, 0.1) is 0 Å². The van der Waals surface area contributed by atoms with E-state index in [1.165, 1.54) is 42.3 Å². The van der Waals surface area contributed by atoms with Crippen molar-refractivity contribution in [3.63, 3.8) is 0 Å². The summed E-state index contributed by atoms with van der Waals surface area (Å²) >= 11 is 0. The number of benzene rings is 6. The van der Waals surface area contributed by atoms with Crippen molar-refractivity contribution in [1.82, 2.24) is 0 Å². The Kier molecular flexibility index (Phi) is 71.8. The third kappa shape index (κ3) is 70.0. The number of phenolic OH excluding ortho intramolecular Hbond substituents is 6. The Morgan fingerprint density at radius 1 is 0.250 bits per heavy atom. The van der Waals surface area contributed by atoms with E-state index in [2.05, 4.69) is 62.1 Å². The van der Waals surface area contributed by atoms with Crippen LogP contribution in [0.2, 0.25) is 0 Å². The van der Waals surface area contributed by atoms with Crippen LogP contribution in [0.15, 0.2) is 182 Å². The van der Waals surface area contributed by atoms with Crippen LogP contribution in [-0.2, 0) is 0 Å². The van der Waals surface area contributed by atoms with Crippen molar-refractivity contribution >= 4 is 0 Å². The van der Waals surface area contributed by atoms with Crippen LogP contribution < -0.4 is 34.4 Å².